The lowest BCUT2D eigenvalue weighted by Gasteiger charge is -2.02. The number of esters is 2. The Labute approximate surface area is 76.8 Å². The third-order valence-corrected chi connectivity index (χ3v) is 1.11. The normalized spacial score (nSPS) is 8.62. The molecule has 4 nitrogen and oxygen atoms in total. The van der Waals surface area contributed by atoms with Crippen molar-refractivity contribution >= 4 is 11.9 Å². The summed E-state index contributed by atoms with van der Waals surface area (Å²) < 4.78 is 9.27. The highest BCUT2D eigenvalue weighted by molar-refractivity contribution is 5.81. The van der Waals surface area contributed by atoms with Gasteiger partial charge in [-0.15, -0.1) is 0 Å². The summed E-state index contributed by atoms with van der Waals surface area (Å²) in [6.07, 6.45) is 2.63. The number of rotatable bonds is 6. The van der Waals surface area contributed by atoms with Gasteiger partial charge in [0.05, 0.1) is 13.2 Å². The third kappa shape index (κ3) is 6.80. The van der Waals surface area contributed by atoms with E-state index in [9.17, 15) is 9.59 Å². The molecular formula is C9H12O4. The van der Waals surface area contributed by atoms with Crippen LogP contribution in [-0.2, 0) is 19.1 Å². The Kier molecular flexibility index (Phi) is 6.23. The van der Waals surface area contributed by atoms with Crippen LogP contribution in [0.5, 0.6) is 0 Å². The van der Waals surface area contributed by atoms with E-state index in [1.165, 1.54) is 0 Å². The summed E-state index contributed by atoms with van der Waals surface area (Å²) in [5.41, 5.74) is 0. The van der Waals surface area contributed by atoms with Crippen LogP contribution < -0.4 is 0 Å². The first-order chi connectivity index (χ1) is 6.20. The lowest BCUT2D eigenvalue weighted by molar-refractivity contribution is -0.140. The average molecular weight is 184 g/mol. The van der Waals surface area contributed by atoms with E-state index in [2.05, 4.69) is 22.6 Å². The highest BCUT2D eigenvalue weighted by Crippen LogP contribution is 1.87. The van der Waals surface area contributed by atoms with Crippen molar-refractivity contribution in [1.29, 1.82) is 0 Å². The van der Waals surface area contributed by atoms with E-state index in [-0.39, 0.29) is 13.2 Å². The number of hydrogen-bond donors (Lipinski definition) is 0. The van der Waals surface area contributed by atoms with Crippen molar-refractivity contribution in [2.24, 2.45) is 0 Å². The van der Waals surface area contributed by atoms with Gasteiger partial charge in [-0.3, -0.25) is 0 Å². The predicted molar refractivity (Wildman–Crippen MR) is 46.9 cm³/mol. The molecule has 0 aliphatic rings. The number of hydrogen-bond acceptors (Lipinski definition) is 4. The molecule has 0 fully saturated rings. The van der Waals surface area contributed by atoms with Crippen LogP contribution in [0.15, 0.2) is 25.3 Å². The summed E-state index contributed by atoms with van der Waals surface area (Å²) in [7, 11) is 0. The first-order valence-electron chi connectivity index (χ1n) is 3.79. The Bertz CT molecular complexity index is 186. The van der Waals surface area contributed by atoms with Gasteiger partial charge in [0.25, 0.3) is 0 Å². The molecule has 0 saturated heterocycles. The van der Waals surface area contributed by atoms with Gasteiger partial charge in [-0.25, -0.2) is 9.59 Å². The van der Waals surface area contributed by atoms with Crippen molar-refractivity contribution in [3.05, 3.63) is 25.3 Å². The first kappa shape index (κ1) is 11.4. The number of carbonyl (C=O) groups is 2. The standard InChI is InChI=1S/C9H12O4/c1-3-8(10)12-6-5-7-13-9(11)4-2/h3-4H,1-2,5-7H2. The molecule has 0 aromatic carbocycles. The van der Waals surface area contributed by atoms with Crippen LogP contribution in [0.25, 0.3) is 0 Å². The van der Waals surface area contributed by atoms with E-state index < -0.39 is 11.9 Å². The van der Waals surface area contributed by atoms with Gasteiger partial charge in [-0.05, 0) is 0 Å². The van der Waals surface area contributed by atoms with Gasteiger partial charge >= 0.3 is 11.9 Å². The maximum Gasteiger partial charge on any atom is 0.330 e. The van der Waals surface area contributed by atoms with Crippen molar-refractivity contribution in [3.63, 3.8) is 0 Å². The molecular weight excluding hydrogens is 172 g/mol. The van der Waals surface area contributed by atoms with Gasteiger partial charge in [-0.2, -0.15) is 0 Å². The molecule has 0 aliphatic heterocycles. The van der Waals surface area contributed by atoms with Crippen molar-refractivity contribution in [3.8, 4) is 0 Å². The van der Waals surface area contributed by atoms with Crippen LogP contribution >= 0.6 is 0 Å². The smallest absolute Gasteiger partial charge is 0.330 e. The Hall–Kier alpha value is -1.58. The van der Waals surface area contributed by atoms with Crippen LogP contribution in [0.1, 0.15) is 6.42 Å². The lowest BCUT2D eigenvalue weighted by Crippen LogP contribution is -2.07. The summed E-state index contributed by atoms with van der Waals surface area (Å²) >= 11 is 0. The van der Waals surface area contributed by atoms with E-state index in [0.29, 0.717) is 6.42 Å². The SMILES string of the molecule is C=CC(=O)OCCCOC(=O)C=C. The molecule has 4 heteroatoms. The molecule has 0 N–H and O–H groups in total. The molecule has 0 bridgehead atoms. The molecule has 0 heterocycles. The van der Waals surface area contributed by atoms with Gasteiger partial charge < -0.3 is 9.47 Å². The molecule has 0 rings (SSSR count). The molecule has 72 valence electrons. The molecule has 0 saturated carbocycles. The molecule has 0 aliphatic carbocycles. The quantitative estimate of drug-likeness (QED) is 0.348. The first-order valence-corrected chi connectivity index (χ1v) is 3.79. The fourth-order valence-corrected chi connectivity index (χ4v) is 0.522. The summed E-state index contributed by atoms with van der Waals surface area (Å²) in [5.74, 6) is -0.954. The molecule has 0 aromatic heterocycles. The lowest BCUT2D eigenvalue weighted by atomic mass is 10.5. The van der Waals surface area contributed by atoms with Gasteiger partial charge in [-0.1, -0.05) is 13.2 Å². The highest BCUT2D eigenvalue weighted by Gasteiger charge is 1.97. The van der Waals surface area contributed by atoms with Crippen molar-refractivity contribution < 1.29 is 19.1 Å². The molecule has 0 spiro atoms. The second-order valence-electron chi connectivity index (χ2n) is 2.10. The third-order valence-electron chi connectivity index (χ3n) is 1.11. The summed E-state index contributed by atoms with van der Waals surface area (Å²) in [5, 5.41) is 0. The minimum absolute atomic E-state index is 0.218. The Morgan fingerprint density at radius 2 is 1.38 bits per heavy atom. The topological polar surface area (TPSA) is 52.6 Å². The van der Waals surface area contributed by atoms with Gasteiger partial charge in [0, 0.05) is 18.6 Å². The maximum absolute atomic E-state index is 10.5. The molecule has 0 aromatic rings. The van der Waals surface area contributed by atoms with Gasteiger partial charge in [0.2, 0.25) is 0 Å². The van der Waals surface area contributed by atoms with Crippen LogP contribution in [0.2, 0.25) is 0 Å². The Morgan fingerprint density at radius 1 is 1.00 bits per heavy atom. The molecule has 13 heavy (non-hydrogen) atoms. The second-order valence-corrected chi connectivity index (χ2v) is 2.10. The van der Waals surface area contributed by atoms with E-state index in [4.69, 9.17) is 0 Å². The Balaban J connectivity index is 3.26. The fraction of sp³-hybridized carbons (Fsp3) is 0.333. The van der Waals surface area contributed by atoms with Crippen molar-refractivity contribution in [2.75, 3.05) is 13.2 Å². The maximum atomic E-state index is 10.5. The molecule has 0 amide bonds. The molecule has 0 unspecified atom stereocenters. The van der Waals surface area contributed by atoms with Crippen LogP contribution in [0.4, 0.5) is 0 Å². The van der Waals surface area contributed by atoms with Gasteiger partial charge in [0.15, 0.2) is 0 Å². The van der Waals surface area contributed by atoms with E-state index >= 15 is 0 Å². The largest absolute Gasteiger partial charge is 0.462 e. The number of carbonyl (C=O) groups excluding carboxylic acids is 2. The van der Waals surface area contributed by atoms with E-state index in [0.717, 1.165) is 12.2 Å². The zero-order valence-corrected chi connectivity index (χ0v) is 7.32. The molecule has 0 atom stereocenters. The van der Waals surface area contributed by atoms with E-state index in [1.54, 1.807) is 0 Å². The Morgan fingerprint density at radius 3 is 1.69 bits per heavy atom. The number of ether oxygens (including phenoxy) is 2. The van der Waals surface area contributed by atoms with Crippen LogP contribution in [0, 0.1) is 0 Å². The van der Waals surface area contributed by atoms with Crippen molar-refractivity contribution in [1.82, 2.24) is 0 Å². The van der Waals surface area contributed by atoms with Crippen LogP contribution in [-0.4, -0.2) is 25.2 Å². The zero-order valence-electron chi connectivity index (χ0n) is 7.32. The minimum Gasteiger partial charge on any atom is -0.462 e. The van der Waals surface area contributed by atoms with Gasteiger partial charge in [0.1, 0.15) is 0 Å². The van der Waals surface area contributed by atoms with Crippen molar-refractivity contribution in [2.45, 2.75) is 6.42 Å². The second kappa shape index (κ2) is 7.09. The average Bonchev–Trinajstić information content (AvgIpc) is 2.16. The highest BCUT2D eigenvalue weighted by atomic mass is 16.5. The zero-order chi connectivity index (χ0) is 10.1. The monoisotopic (exact) mass is 184 g/mol. The summed E-state index contributed by atoms with van der Waals surface area (Å²) in [6, 6.07) is 0. The van der Waals surface area contributed by atoms with E-state index in [1.807, 2.05) is 0 Å². The minimum atomic E-state index is -0.477. The summed E-state index contributed by atoms with van der Waals surface area (Å²) in [4.78, 5) is 21.0. The van der Waals surface area contributed by atoms with Crippen LogP contribution in [0.3, 0.4) is 0 Å². The predicted octanol–water partition coefficient (Wildman–Crippen LogP) is 0.835. The fourth-order valence-electron chi connectivity index (χ4n) is 0.522. The summed E-state index contributed by atoms with van der Waals surface area (Å²) in [6.45, 7) is 6.89. The molecule has 0 radical (unpaired) electrons.